The van der Waals surface area contributed by atoms with E-state index >= 15 is 0 Å². The molecule has 110 valence electrons. The summed E-state index contributed by atoms with van der Waals surface area (Å²) in [5.74, 6) is -0.635. The molecule has 1 amide bonds. The molecule has 1 aromatic rings. The Morgan fingerprint density at radius 1 is 1.35 bits per heavy atom. The number of carbonyl (C=O) groups excluding carboxylic acids is 2. The fourth-order valence-electron chi connectivity index (χ4n) is 1.69. The SMILES string of the molecule is CCOC(=O)c1cccc(N)c1NCC(=O)NC(C)C. The van der Waals surface area contributed by atoms with Crippen LogP contribution in [0.2, 0.25) is 0 Å². The van der Waals surface area contributed by atoms with Gasteiger partial charge in [-0.3, -0.25) is 4.79 Å². The van der Waals surface area contributed by atoms with Crippen LogP contribution in [0.25, 0.3) is 0 Å². The van der Waals surface area contributed by atoms with Gasteiger partial charge in [-0.25, -0.2) is 4.79 Å². The molecule has 0 spiro atoms. The molecule has 1 rings (SSSR count). The molecule has 0 radical (unpaired) electrons. The van der Waals surface area contributed by atoms with Crippen LogP contribution in [-0.2, 0) is 9.53 Å². The maximum Gasteiger partial charge on any atom is 0.340 e. The largest absolute Gasteiger partial charge is 0.462 e. The normalized spacial score (nSPS) is 10.2. The number of rotatable bonds is 6. The van der Waals surface area contributed by atoms with Gasteiger partial charge in [-0.1, -0.05) is 6.07 Å². The fourth-order valence-corrected chi connectivity index (χ4v) is 1.69. The highest BCUT2D eigenvalue weighted by atomic mass is 16.5. The molecule has 1 aromatic carbocycles. The van der Waals surface area contributed by atoms with Crippen molar-refractivity contribution in [1.29, 1.82) is 0 Å². The molecule has 0 bridgehead atoms. The zero-order valence-electron chi connectivity index (χ0n) is 12.0. The van der Waals surface area contributed by atoms with Gasteiger partial charge in [0, 0.05) is 6.04 Å². The molecule has 0 saturated carbocycles. The Morgan fingerprint density at radius 3 is 2.65 bits per heavy atom. The predicted octanol–water partition coefficient (Wildman–Crippen LogP) is 1.38. The molecule has 6 nitrogen and oxygen atoms in total. The zero-order valence-corrected chi connectivity index (χ0v) is 12.0. The van der Waals surface area contributed by atoms with Gasteiger partial charge in [0.15, 0.2) is 0 Å². The topological polar surface area (TPSA) is 93.4 Å². The second kappa shape index (κ2) is 7.37. The lowest BCUT2D eigenvalue weighted by molar-refractivity contribution is -0.119. The first-order valence-electron chi connectivity index (χ1n) is 6.54. The molecule has 20 heavy (non-hydrogen) atoms. The van der Waals surface area contributed by atoms with Gasteiger partial charge in [0.05, 0.1) is 30.1 Å². The quantitative estimate of drug-likeness (QED) is 0.540. The Morgan fingerprint density at radius 2 is 2.05 bits per heavy atom. The Hall–Kier alpha value is -2.24. The standard InChI is InChI=1S/C14H21N3O3/c1-4-20-14(19)10-6-5-7-11(15)13(10)16-8-12(18)17-9(2)3/h5-7,9,16H,4,8,15H2,1-3H3,(H,17,18). The third kappa shape index (κ3) is 4.46. The van der Waals surface area contributed by atoms with Crippen LogP contribution >= 0.6 is 0 Å². The number of hydrogen-bond donors (Lipinski definition) is 3. The van der Waals surface area contributed by atoms with E-state index in [1.54, 1.807) is 25.1 Å². The minimum Gasteiger partial charge on any atom is -0.462 e. The summed E-state index contributed by atoms with van der Waals surface area (Å²) in [6, 6.07) is 4.99. The van der Waals surface area contributed by atoms with Crippen LogP contribution in [0.15, 0.2) is 18.2 Å². The first-order valence-corrected chi connectivity index (χ1v) is 6.54. The third-order valence-corrected chi connectivity index (χ3v) is 2.47. The van der Waals surface area contributed by atoms with Crippen molar-refractivity contribution in [3.8, 4) is 0 Å². The molecule has 0 fully saturated rings. The van der Waals surface area contributed by atoms with E-state index in [2.05, 4.69) is 10.6 Å². The number of carbonyl (C=O) groups is 2. The van der Waals surface area contributed by atoms with E-state index in [1.165, 1.54) is 0 Å². The Labute approximate surface area is 118 Å². The molecule has 6 heteroatoms. The van der Waals surface area contributed by atoms with Crippen LogP contribution in [0.5, 0.6) is 0 Å². The summed E-state index contributed by atoms with van der Waals surface area (Å²) in [6.45, 7) is 5.80. The smallest absolute Gasteiger partial charge is 0.340 e. The van der Waals surface area contributed by atoms with E-state index in [0.717, 1.165) is 0 Å². The summed E-state index contributed by atoms with van der Waals surface area (Å²) >= 11 is 0. The summed E-state index contributed by atoms with van der Waals surface area (Å²) in [5, 5.41) is 5.64. The molecule has 0 atom stereocenters. The maximum absolute atomic E-state index is 11.8. The second-order valence-electron chi connectivity index (χ2n) is 4.57. The highest BCUT2D eigenvalue weighted by Crippen LogP contribution is 2.24. The van der Waals surface area contributed by atoms with Crippen molar-refractivity contribution >= 4 is 23.3 Å². The van der Waals surface area contributed by atoms with E-state index in [1.807, 2.05) is 13.8 Å². The number of esters is 1. The van der Waals surface area contributed by atoms with Crippen LogP contribution in [0.3, 0.4) is 0 Å². The molecule has 0 aliphatic rings. The van der Waals surface area contributed by atoms with Crippen molar-refractivity contribution < 1.29 is 14.3 Å². The Bertz CT molecular complexity index is 487. The number of ether oxygens (including phenoxy) is 1. The summed E-state index contributed by atoms with van der Waals surface area (Å²) in [4.78, 5) is 23.4. The van der Waals surface area contributed by atoms with E-state index in [-0.39, 0.29) is 25.1 Å². The molecular weight excluding hydrogens is 258 g/mol. The summed E-state index contributed by atoms with van der Waals surface area (Å²) < 4.78 is 4.96. The van der Waals surface area contributed by atoms with E-state index in [4.69, 9.17) is 10.5 Å². The van der Waals surface area contributed by atoms with Gasteiger partial charge in [-0.2, -0.15) is 0 Å². The summed E-state index contributed by atoms with van der Waals surface area (Å²) in [6.07, 6.45) is 0. The number of benzene rings is 1. The third-order valence-electron chi connectivity index (χ3n) is 2.47. The van der Waals surface area contributed by atoms with Crippen LogP contribution in [0.4, 0.5) is 11.4 Å². The van der Waals surface area contributed by atoms with Crippen molar-refractivity contribution in [2.45, 2.75) is 26.8 Å². The van der Waals surface area contributed by atoms with Gasteiger partial charge in [0.2, 0.25) is 5.91 Å². The highest BCUT2D eigenvalue weighted by Gasteiger charge is 2.15. The average molecular weight is 279 g/mol. The van der Waals surface area contributed by atoms with Gasteiger partial charge in [0.1, 0.15) is 0 Å². The number of nitrogens with one attached hydrogen (secondary N) is 2. The van der Waals surface area contributed by atoms with E-state index in [9.17, 15) is 9.59 Å². The van der Waals surface area contributed by atoms with Gasteiger partial charge < -0.3 is 21.1 Å². The first kappa shape index (κ1) is 15.8. The molecule has 0 aliphatic heterocycles. The Balaban J connectivity index is 2.83. The lowest BCUT2D eigenvalue weighted by Gasteiger charge is -2.14. The number of nitrogen functional groups attached to an aromatic ring is 1. The first-order chi connectivity index (χ1) is 9.45. The van der Waals surface area contributed by atoms with Crippen molar-refractivity contribution in [2.24, 2.45) is 0 Å². The summed E-state index contributed by atoms with van der Waals surface area (Å²) in [5.41, 5.74) is 6.98. The van der Waals surface area contributed by atoms with Crippen molar-refractivity contribution in [1.82, 2.24) is 5.32 Å². The molecular formula is C14H21N3O3. The zero-order chi connectivity index (χ0) is 15.1. The average Bonchev–Trinajstić information content (AvgIpc) is 2.36. The lowest BCUT2D eigenvalue weighted by Crippen LogP contribution is -2.35. The van der Waals surface area contributed by atoms with Crippen LogP contribution in [0, 0.1) is 0 Å². The molecule has 0 aliphatic carbocycles. The van der Waals surface area contributed by atoms with Crippen LogP contribution in [0.1, 0.15) is 31.1 Å². The predicted molar refractivity (Wildman–Crippen MR) is 78.6 cm³/mol. The number of amides is 1. The van der Waals surface area contributed by atoms with E-state index in [0.29, 0.717) is 16.9 Å². The Kier molecular flexibility index (Phi) is 5.83. The van der Waals surface area contributed by atoms with Crippen molar-refractivity contribution in [3.05, 3.63) is 23.8 Å². The molecule has 4 N–H and O–H groups in total. The molecule has 0 aromatic heterocycles. The highest BCUT2D eigenvalue weighted by molar-refractivity contribution is 5.99. The fraction of sp³-hybridized carbons (Fsp3) is 0.429. The van der Waals surface area contributed by atoms with Gasteiger partial charge in [-0.05, 0) is 32.9 Å². The van der Waals surface area contributed by atoms with Crippen LogP contribution < -0.4 is 16.4 Å². The van der Waals surface area contributed by atoms with E-state index < -0.39 is 5.97 Å². The van der Waals surface area contributed by atoms with Crippen LogP contribution in [-0.4, -0.2) is 31.1 Å². The van der Waals surface area contributed by atoms with Gasteiger partial charge in [-0.15, -0.1) is 0 Å². The maximum atomic E-state index is 11.8. The second-order valence-corrected chi connectivity index (χ2v) is 4.57. The van der Waals surface area contributed by atoms with Gasteiger partial charge >= 0.3 is 5.97 Å². The monoisotopic (exact) mass is 279 g/mol. The number of hydrogen-bond acceptors (Lipinski definition) is 5. The van der Waals surface area contributed by atoms with Gasteiger partial charge in [0.25, 0.3) is 0 Å². The number of para-hydroxylation sites is 1. The molecule has 0 heterocycles. The minimum absolute atomic E-state index is 0.0405. The number of anilines is 2. The minimum atomic E-state index is -0.466. The molecule has 0 unspecified atom stereocenters. The van der Waals surface area contributed by atoms with Crippen molar-refractivity contribution in [3.63, 3.8) is 0 Å². The summed E-state index contributed by atoms with van der Waals surface area (Å²) in [7, 11) is 0. The molecule has 0 saturated heterocycles. The number of nitrogens with two attached hydrogens (primary N) is 1. The lowest BCUT2D eigenvalue weighted by atomic mass is 10.1. The van der Waals surface area contributed by atoms with Crippen molar-refractivity contribution in [2.75, 3.05) is 24.2 Å².